The number of aromatic amines is 1. The van der Waals surface area contributed by atoms with Gasteiger partial charge in [0.1, 0.15) is 5.76 Å². The lowest BCUT2D eigenvalue weighted by Gasteiger charge is -1.97. The highest BCUT2D eigenvalue weighted by atomic mass is 32.1. The summed E-state index contributed by atoms with van der Waals surface area (Å²) in [5.74, 6) is 0.260. The highest BCUT2D eigenvalue weighted by Gasteiger charge is 2.14. The summed E-state index contributed by atoms with van der Waals surface area (Å²) in [7, 11) is 0. The summed E-state index contributed by atoms with van der Waals surface area (Å²) >= 11 is 1.37. The van der Waals surface area contributed by atoms with Gasteiger partial charge in [-0.15, -0.1) is 11.3 Å². The highest BCUT2D eigenvalue weighted by molar-refractivity contribution is 7.14. The van der Waals surface area contributed by atoms with E-state index in [1.807, 2.05) is 35.8 Å². The molecule has 114 valence electrons. The van der Waals surface area contributed by atoms with Crippen LogP contribution in [-0.2, 0) is 0 Å². The topological polar surface area (TPSA) is 83.8 Å². The number of benzene rings is 1. The van der Waals surface area contributed by atoms with Crippen molar-refractivity contribution in [2.24, 2.45) is 0 Å². The van der Waals surface area contributed by atoms with Gasteiger partial charge >= 0.3 is 0 Å². The number of amides is 1. The van der Waals surface area contributed by atoms with E-state index in [4.69, 9.17) is 4.52 Å². The second-order valence-corrected chi connectivity index (χ2v) is 5.92. The number of thiazole rings is 1. The number of carbonyl (C=O) groups is 1. The van der Waals surface area contributed by atoms with Gasteiger partial charge in [0, 0.05) is 34.1 Å². The number of anilines is 1. The molecule has 7 heteroatoms. The molecule has 0 aliphatic carbocycles. The van der Waals surface area contributed by atoms with Gasteiger partial charge in [-0.1, -0.05) is 23.4 Å². The maximum absolute atomic E-state index is 12.1. The van der Waals surface area contributed by atoms with E-state index in [1.165, 1.54) is 11.3 Å². The van der Waals surface area contributed by atoms with Crippen LogP contribution in [0.2, 0.25) is 0 Å². The fourth-order valence-corrected chi connectivity index (χ4v) is 3.08. The molecule has 2 N–H and O–H groups in total. The molecule has 1 aromatic carbocycles. The van der Waals surface area contributed by atoms with Crippen molar-refractivity contribution >= 4 is 33.3 Å². The number of aryl methyl sites for hydroxylation is 1. The molecule has 4 rings (SSSR count). The Kier molecular flexibility index (Phi) is 3.20. The minimum atomic E-state index is -0.332. The van der Waals surface area contributed by atoms with E-state index in [0.29, 0.717) is 10.9 Å². The van der Waals surface area contributed by atoms with Gasteiger partial charge in [0.25, 0.3) is 5.91 Å². The smallest absolute Gasteiger partial charge is 0.279 e. The first-order chi connectivity index (χ1) is 11.2. The van der Waals surface area contributed by atoms with E-state index >= 15 is 0 Å². The molecule has 3 aromatic heterocycles. The summed E-state index contributed by atoms with van der Waals surface area (Å²) in [5, 5.41) is 9.97. The lowest BCUT2D eigenvalue weighted by Crippen LogP contribution is -2.11. The van der Waals surface area contributed by atoms with Crippen LogP contribution in [-0.4, -0.2) is 21.0 Å². The zero-order chi connectivity index (χ0) is 15.8. The number of para-hydroxylation sites is 1. The molecule has 0 atom stereocenters. The number of aromatic nitrogens is 3. The number of nitrogens with zero attached hydrogens (tertiary/aromatic N) is 2. The van der Waals surface area contributed by atoms with Crippen LogP contribution < -0.4 is 5.32 Å². The third-order valence-electron chi connectivity index (χ3n) is 3.45. The standard InChI is InChI=1S/C16H12N4O2S/c1-9-6-13(20-22-9)15(21)19-16-18-14(8-23-16)11-7-17-12-5-3-2-4-10(11)12/h2-8,17H,1H3,(H,18,19,21). The van der Waals surface area contributed by atoms with Crippen LogP contribution in [0.1, 0.15) is 16.2 Å². The predicted octanol–water partition coefficient (Wildman–Crippen LogP) is 3.84. The van der Waals surface area contributed by atoms with Gasteiger partial charge in [-0.3, -0.25) is 10.1 Å². The molecular weight excluding hydrogens is 312 g/mol. The number of rotatable bonds is 3. The van der Waals surface area contributed by atoms with Crippen molar-refractivity contribution in [3.63, 3.8) is 0 Å². The molecular formula is C16H12N4O2S. The Hall–Kier alpha value is -2.93. The van der Waals surface area contributed by atoms with E-state index in [-0.39, 0.29) is 11.6 Å². The number of fused-ring (bicyclic) bond motifs is 1. The zero-order valence-corrected chi connectivity index (χ0v) is 13.0. The average Bonchev–Trinajstić information content (AvgIpc) is 3.26. The van der Waals surface area contributed by atoms with Crippen molar-refractivity contribution in [1.29, 1.82) is 0 Å². The minimum Gasteiger partial charge on any atom is -0.361 e. The lowest BCUT2D eigenvalue weighted by molar-refractivity contribution is 0.101. The van der Waals surface area contributed by atoms with Gasteiger partial charge in [-0.05, 0) is 13.0 Å². The van der Waals surface area contributed by atoms with E-state index in [0.717, 1.165) is 22.2 Å². The largest absolute Gasteiger partial charge is 0.361 e. The van der Waals surface area contributed by atoms with E-state index in [9.17, 15) is 4.79 Å². The van der Waals surface area contributed by atoms with Crippen LogP contribution in [0.3, 0.4) is 0 Å². The van der Waals surface area contributed by atoms with Gasteiger partial charge in [0.05, 0.1) is 5.69 Å². The Morgan fingerprint density at radius 1 is 1.35 bits per heavy atom. The molecule has 0 fully saturated rings. The Labute approximate surface area is 135 Å². The second-order valence-electron chi connectivity index (χ2n) is 5.06. The van der Waals surface area contributed by atoms with Gasteiger partial charge in [0.2, 0.25) is 0 Å². The maximum atomic E-state index is 12.1. The van der Waals surface area contributed by atoms with Crippen LogP contribution in [0.4, 0.5) is 5.13 Å². The monoisotopic (exact) mass is 324 g/mol. The minimum absolute atomic E-state index is 0.242. The predicted molar refractivity (Wildman–Crippen MR) is 88.6 cm³/mol. The summed E-state index contributed by atoms with van der Waals surface area (Å²) in [6.45, 7) is 1.74. The Morgan fingerprint density at radius 2 is 2.22 bits per heavy atom. The molecule has 4 aromatic rings. The fourth-order valence-electron chi connectivity index (χ4n) is 2.37. The lowest BCUT2D eigenvalue weighted by atomic mass is 10.1. The molecule has 1 amide bonds. The Balaban J connectivity index is 1.60. The van der Waals surface area contributed by atoms with Crippen molar-refractivity contribution in [2.45, 2.75) is 6.92 Å². The normalized spacial score (nSPS) is 11.0. The number of H-pyrrole nitrogens is 1. The Morgan fingerprint density at radius 3 is 3.04 bits per heavy atom. The molecule has 0 radical (unpaired) electrons. The van der Waals surface area contributed by atoms with Crippen molar-refractivity contribution in [3.8, 4) is 11.3 Å². The third kappa shape index (κ3) is 2.51. The van der Waals surface area contributed by atoms with Crippen molar-refractivity contribution < 1.29 is 9.32 Å². The third-order valence-corrected chi connectivity index (χ3v) is 4.21. The van der Waals surface area contributed by atoms with Crippen LogP contribution in [0.25, 0.3) is 22.2 Å². The van der Waals surface area contributed by atoms with Crippen LogP contribution in [0.5, 0.6) is 0 Å². The summed E-state index contributed by atoms with van der Waals surface area (Å²) in [6, 6.07) is 9.61. The van der Waals surface area contributed by atoms with Gasteiger partial charge in [-0.25, -0.2) is 4.98 Å². The van der Waals surface area contributed by atoms with E-state index < -0.39 is 0 Å². The van der Waals surface area contributed by atoms with Crippen LogP contribution in [0, 0.1) is 6.92 Å². The zero-order valence-electron chi connectivity index (χ0n) is 12.2. The summed E-state index contributed by atoms with van der Waals surface area (Å²) in [5.41, 5.74) is 3.12. The van der Waals surface area contributed by atoms with Crippen LogP contribution in [0.15, 0.2) is 46.4 Å². The molecule has 23 heavy (non-hydrogen) atoms. The van der Waals surface area contributed by atoms with Crippen molar-refractivity contribution in [3.05, 3.63) is 53.4 Å². The van der Waals surface area contributed by atoms with Gasteiger partial charge in [-0.2, -0.15) is 0 Å². The molecule has 3 heterocycles. The van der Waals surface area contributed by atoms with Crippen molar-refractivity contribution in [2.75, 3.05) is 5.32 Å². The Bertz CT molecular complexity index is 998. The first kappa shape index (κ1) is 13.7. The molecule has 0 saturated heterocycles. The van der Waals surface area contributed by atoms with E-state index in [1.54, 1.807) is 13.0 Å². The SMILES string of the molecule is Cc1cc(C(=O)Nc2nc(-c3c[nH]c4ccccc34)cs2)no1. The fraction of sp³-hybridized carbons (Fsp3) is 0.0625. The van der Waals surface area contributed by atoms with Gasteiger partial charge in [0.15, 0.2) is 10.8 Å². The first-order valence-electron chi connectivity index (χ1n) is 6.97. The quantitative estimate of drug-likeness (QED) is 0.599. The molecule has 0 bridgehead atoms. The second kappa shape index (κ2) is 5.36. The number of carbonyl (C=O) groups excluding carboxylic acids is 1. The number of hydrogen-bond acceptors (Lipinski definition) is 5. The first-order valence-corrected chi connectivity index (χ1v) is 7.85. The molecule has 0 aliphatic rings. The summed E-state index contributed by atoms with van der Waals surface area (Å²) < 4.78 is 4.90. The molecule has 0 spiro atoms. The van der Waals surface area contributed by atoms with Crippen LogP contribution >= 0.6 is 11.3 Å². The van der Waals surface area contributed by atoms with E-state index in [2.05, 4.69) is 20.4 Å². The maximum Gasteiger partial charge on any atom is 0.279 e. The van der Waals surface area contributed by atoms with Gasteiger partial charge < -0.3 is 9.51 Å². The summed E-state index contributed by atoms with van der Waals surface area (Å²) in [4.78, 5) is 19.8. The molecule has 6 nitrogen and oxygen atoms in total. The highest BCUT2D eigenvalue weighted by Crippen LogP contribution is 2.31. The number of nitrogens with one attached hydrogen (secondary N) is 2. The number of hydrogen-bond donors (Lipinski definition) is 2. The molecule has 0 unspecified atom stereocenters. The summed E-state index contributed by atoms with van der Waals surface area (Å²) in [6.07, 6.45) is 1.92. The average molecular weight is 324 g/mol. The molecule has 0 aliphatic heterocycles. The van der Waals surface area contributed by atoms with Crippen molar-refractivity contribution in [1.82, 2.24) is 15.1 Å². The molecule has 0 saturated carbocycles.